The highest BCUT2D eigenvalue weighted by atomic mass is 32.1. The van der Waals surface area contributed by atoms with Crippen LogP contribution in [0.3, 0.4) is 0 Å². The summed E-state index contributed by atoms with van der Waals surface area (Å²) in [5.41, 5.74) is 0. The van der Waals surface area contributed by atoms with Gasteiger partial charge in [-0.25, -0.2) is 0 Å². The molecule has 0 aliphatic rings. The molecule has 0 N–H and O–H groups in total. The molecule has 0 aliphatic heterocycles. The maximum absolute atomic E-state index is 5.42. The molecular weight excluding hydrogens is 264 g/mol. The molecule has 0 radical (unpaired) electrons. The summed E-state index contributed by atoms with van der Waals surface area (Å²) in [6.07, 6.45) is 0. The maximum Gasteiger partial charge on any atom is 0.0809 e. The molecule has 0 bridgehead atoms. The zero-order valence-electron chi connectivity index (χ0n) is 10.8. The van der Waals surface area contributed by atoms with Crippen molar-refractivity contribution in [2.24, 2.45) is 0 Å². The summed E-state index contributed by atoms with van der Waals surface area (Å²) in [7, 11) is 0. The summed E-state index contributed by atoms with van der Waals surface area (Å²) < 4.78 is 10.8. The van der Waals surface area contributed by atoms with Gasteiger partial charge in [0.1, 0.15) is 0 Å². The number of rotatable bonds is 7. The quantitative estimate of drug-likeness (QED) is 0.741. The number of thiophene rings is 2. The lowest BCUT2D eigenvalue weighted by Gasteiger charge is -1.96. The summed E-state index contributed by atoms with van der Waals surface area (Å²) in [6, 6.07) is 8.65. The number of hydrogen-bond acceptors (Lipinski definition) is 4. The van der Waals surface area contributed by atoms with Crippen LogP contribution in [0.25, 0.3) is 9.75 Å². The summed E-state index contributed by atoms with van der Waals surface area (Å²) >= 11 is 3.62. The molecule has 0 saturated carbocycles. The average Bonchev–Trinajstić information content (AvgIpc) is 3.02. The molecule has 0 saturated heterocycles. The predicted octanol–water partition coefficient (Wildman–Crippen LogP) is 4.55. The minimum absolute atomic E-state index is 0.721. The Kier molecular flexibility index (Phi) is 5.38. The van der Waals surface area contributed by atoms with Crippen molar-refractivity contribution in [1.29, 1.82) is 0 Å². The van der Waals surface area contributed by atoms with Crippen LogP contribution < -0.4 is 0 Å². The Balaban J connectivity index is 2.01. The zero-order valence-corrected chi connectivity index (χ0v) is 12.4. The van der Waals surface area contributed by atoms with Crippen molar-refractivity contribution in [3.63, 3.8) is 0 Å². The second kappa shape index (κ2) is 7.04. The molecule has 2 aromatic rings. The van der Waals surface area contributed by atoms with E-state index in [0.29, 0.717) is 0 Å². The van der Waals surface area contributed by atoms with Crippen LogP contribution in [-0.4, -0.2) is 13.2 Å². The Morgan fingerprint density at radius 1 is 0.778 bits per heavy atom. The smallest absolute Gasteiger partial charge is 0.0809 e. The molecule has 0 spiro atoms. The Morgan fingerprint density at radius 3 is 1.61 bits per heavy atom. The molecule has 2 nitrogen and oxygen atoms in total. The van der Waals surface area contributed by atoms with Crippen molar-refractivity contribution in [1.82, 2.24) is 0 Å². The normalized spacial score (nSPS) is 11.0. The molecule has 0 unspecified atom stereocenters. The van der Waals surface area contributed by atoms with Crippen LogP contribution in [0.4, 0.5) is 0 Å². The summed E-state index contributed by atoms with van der Waals surface area (Å²) in [5.74, 6) is 0. The van der Waals surface area contributed by atoms with Gasteiger partial charge >= 0.3 is 0 Å². The third kappa shape index (κ3) is 3.65. The molecule has 0 aliphatic carbocycles. The molecule has 4 heteroatoms. The van der Waals surface area contributed by atoms with Gasteiger partial charge in [-0.05, 0) is 38.1 Å². The van der Waals surface area contributed by atoms with E-state index < -0.39 is 0 Å². The van der Waals surface area contributed by atoms with E-state index in [-0.39, 0.29) is 0 Å². The average molecular weight is 282 g/mol. The van der Waals surface area contributed by atoms with E-state index in [1.165, 1.54) is 19.5 Å². The fraction of sp³-hybridized carbons (Fsp3) is 0.429. The van der Waals surface area contributed by atoms with Gasteiger partial charge in [0.25, 0.3) is 0 Å². The van der Waals surface area contributed by atoms with Gasteiger partial charge in [0, 0.05) is 32.7 Å². The van der Waals surface area contributed by atoms with Crippen molar-refractivity contribution >= 4 is 22.7 Å². The highest BCUT2D eigenvalue weighted by Gasteiger charge is 2.06. The molecule has 2 heterocycles. The molecule has 18 heavy (non-hydrogen) atoms. The van der Waals surface area contributed by atoms with Gasteiger partial charge in [-0.15, -0.1) is 22.7 Å². The molecule has 98 valence electrons. The first-order chi connectivity index (χ1) is 8.83. The predicted molar refractivity (Wildman–Crippen MR) is 78.3 cm³/mol. The van der Waals surface area contributed by atoms with Gasteiger partial charge in [-0.3, -0.25) is 0 Å². The highest BCUT2D eigenvalue weighted by Crippen LogP contribution is 2.34. The molecule has 0 atom stereocenters. The van der Waals surface area contributed by atoms with E-state index in [0.717, 1.165) is 26.4 Å². The lowest BCUT2D eigenvalue weighted by atomic mass is 10.3. The molecule has 0 amide bonds. The van der Waals surface area contributed by atoms with Crippen LogP contribution in [0.2, 0.25) is 0 Å². The van der Waals surface area contributed by atoms with Gasteiger partial charge in [-0.1, -0.05) is 0 Å². The zero-order chi connectivity index (χ0) is 12.8. The highest BCUT2D eigenvalue weighted by molar-refractivity contribution is 7.22. The van der Waals surface area contributed by atoms with E-state index in [1.54, 1.807) is 0 Å². The van der Waals surface area contributed by atoms with E-state index in [9.17, 15) is 0 Å². The Morgan fingerprint density at radius 2 is 1.22 bits per heavy atom. The van der Waals surface area contributed by atoms with Crippen molar-refractivity contribution in [3.05, 3.63) is 34.0 Å². The molecule has 0 aromatic carbocycles. The molecule has 2 rings (SSSR count). The number of ether oxygens (including phenoxy) is 2. The lowest BCUT2D eigenvalue weighted by Crippen LogP contribution is -1.87. The lowest BCUT2D eigenvalue weighted by molar-refractivity contribution is 0.136. The van der Waals surface area contributed by atoms with Crippen molar-refractivity contribution in [2.45, 2.75) is 27.1 Å². The molecular formula is C14H18O2S2. The van der Waals surface area contributed by atoms with Crippen LogP contribution in [0.1, 0.15) is 23.6 Å². The van der Waals surface area contributed by atoms with E-state index in [1.807, 2.05) is 36.5 Å². The monoisotopic (exact) mass is 282 g/mol. The van der Waals surface area contributed by atoms with Gasteiger partial charge in [-0.2, -0.15) is 0 Å². The largest absolute Gasteiger partial charge is 0.376 e. The number of hydrogen-bond donors (Lipinski definition) is 0. The fourth-order valence-electron chi connectivity index (χ4n) is 1.58. The van der Waals surface area contributed by atoms with Gasteiger partial charge in [0.15, 0.2) is 0 Å². The first-order valence-electron chi connectivity index (χ1n) is 6.16. The maximum atomic E-state index is 5.42. The Labute approximate surface area is 116 Å². The Bertz CT molecular complexity index is 429. The van der Waals surface area contributed by atoms with E-state index in [2.05, 4.69) is 24.3 Å². The minimum Gasteiger partial charge on any atom is -0.376 e. The van der Waals surface area contributed by atoms with Gasteiger partial charge < -0.3 is 9.47 Å². The second-order valence-electron chi connectivity index (χ2n) is 3.81. The summed E-state index contributed by atoms with van der Waals surface area (Å²) in [4.78, 5) is 5.20. The van der Waals surface area contributed by atoms with Crippen LogP contribution in [0, 0.1) is 0 Å². The molecule has 0 fully saturated rings. The van der Waals surface area contributed by atoms with Crippen LogP contribution >= 0.6 is 22.7 Å². The van der Waals surface area contributed by atoms with Gasteiger partial charge in [0.05, 0.1) is 13.2 Å². The van der Waals surface area contributed by atoms with E-state index >= 15 is 0 Å². The van der Waals surface area contributed by atoms with E-state index in [4.69, 9.17) is 9.47 Å². The van der Waals surface area contributed by atoms with Crippen LogP contribution in [0.5, 0.6) is 0 Å². The summed E-state index contributed by atoms with van der Waals surface area (Å²) in [6.45, 7) is 7.02. The molecule has 2 aromatic heterocycles. The first kappa shape index (κ1) is 13.7. The fourth-order valence-corrected chi connectivity index (χ4v) is 3.56. The third-order valence-corrected chi connectivity index (χ3v) is 4.78. The summed E-state index contributed by atoms with van der Waals surface area (Å²) in [5, 5.41) is 0. The van der Waals surface area contributed by atoms with Crippen LogP contribution in [-0.2, 0) is 22.7 Å². The second-order valence-corrected chi connectivity index (χ2v) is 6.14. The first-order valence-corrected chi connectivity index (χ1v) is 7.80. The van der Waals surface area contributed by atoms with Crippen molar-refractivity contribution in [3.8, 4) is 9.75 Å². The van der Waals surface area contributed by atoms with Crippen LogP contribution in [0.15, 0.2) is 24.3 Å². The van der Waals surface area contributed by atoms with Crippen molar-refractivity contribution in [2.75, 3.05) is 13.2 Å². The topological polar surface area (TPSA) is 18.5 Å². The van der Waals surface area contributed by atoms with Gasteiger partial charge in [0.2, 0.25) is 0 Å². The third-order valence-electron chi connectivity index (χ3n) is 2.46. The Hall–Kier alpha value is -0.680. The minimum atomic E-state index is 0.721. The van der Waals surface area contributed by atoms with Crippen molar-refractivity contribution < 1.29 is 9.47 Å². The SMILES string of the molecule is CCOCc1ccc(-c2ccc(COCC)s2)s1. The standard InChI is InChI=1S/C14H18O2S2/c1-3-15-9-11-5-7-13(17-11)14-8-6-12(18-14)10-16-4-2/h5-8H,3-4,9-10H2,1-2H3.